The van der Waals surface area contributed by atoms with Gasteiger partial charge in [0.15, 0.2) is 23.0 Å². The van der Waals surface area contributed by atoms with Crippen molar-refractivity contribution in [3.8, 4) is 23.0 Å². The number of nitrogens with zero attached hydrogens (tertiary/aromatic N) is 1. The molecule has 3 rings (SSSR count). The third kappa shape index (κ3) is 3.97. The minimum atomic E-state index is -0.262. The maximum Gasteiger partial charge on any atom is 0.272 e. The Morgan fingerprint density at radius 2 is 1.96 bits per heavy atom. The molecule has 2 N–H and O–H groups in total. The Hall–Kier alpha value is -3.22. The molecule has 142 valence electrons. The molecule has 0 aliphatic heterocycles. The van der Waals surface area contributed by atoms with Gasteiger partial charge in [-0.1, -0.05) is 13.0 Å². The molecule has 7 nitrogen and oxygen atoms in total. The van der Waals surface area contributed by atoms with Crippen LogP contribution >= 0.6 is 0 Å². The number of amides is 1. The number of aromatic amines is 1. The highest BCUT2D eigenvalue weighted by Crippen LogP contribution is 2.31. The van der Waals surface area contributed by atoms with E-state index in [4.69, 9.17) is 13.9 Å². The van der Waals surface area contributed by atoms with Crippen LogP contribution in [-0.4, -0.2) is 30.3 Å². The molecule has 1 unspecified atom stereocenters. The number of hydrogen-bond acceptors (Lipinski definition) is 5. The van der Waals surface area contributed by atoms with Crippen LogP contribution in [0.25, 0.3) is 11.5 Å². The van der Waals surface area contributed by atoms with Crippen LogP contribution in [0.3, 0.4) is 0 Å². The second kappa shape index (κ2) is 7.99. The van der Waals surface area contributed by atoms with Gasteiger partial charge in [-0.2, -0.15) is 5.10 Å². The van der Waals surface area contributed by atoms with Gasteiger partial charge in [-0.3, -0.25) is 9.89 Å². The first kappa shape index (κ1) is 18.6. The number of aromatic nitrogens is 2. The Morgan fingerprint density at radius 3 is 2.59 bits per heavy atom. The summed E-state index contributed by atoms with van der Waals surface area (Å²) in [6.07, 6.45) is 0.718. The van der Waals surface area contributed by atoms with Crippen LogP contribution in [0.4, 0.5) is 0 Å². The first-order chi connectivity index (χ1) is 13.0. The van der Waals surface area contributed by atoms with Crippen molar-refractivity contribution >= 4 is 5.91 Å². The van der Waals surface area contributed by atoms with Gasteiger partial charge in [0.2, 0.25) is 0 Å². The number of furan rings is 1. The Labute approximate surface area is 157 Å². The van der Waals surface area contributed by atoms with E-state index in [1.807, 2.05) is 44.2 Å². The third-order valence-electron chi connectivity index (χ3n) is 4.34. The standard InChI is InChI=1S/C20H23N3O4/c1-5-14(13-7-9-18(25-3)19(10-13)26-4)21-20(24)16-11-15(22-23-16)17-8-6-12(2)27-17/h6-11,14H,5H2,1-4H3,(H,21,24)(H,22,23). The number of methoxy groups -OCH3 is 2. The Balaban J connectivity index is 1.77. The highest BCUT2D eigenvalue weighted by molar-refractivity contribution is 5.93. The summed E-state index contributed by atoms with van der Waals surface area (Å²) in [5.74, 6) is 2.45. The summed E-state index contributed by atoms with van der Waals surface area (Å²) in [6.45, 7) is 3.87. The lowest BCUT2D eigenvalue weighted by Gasteiger charge is -2.18. The number of benzene rings is 1. The Morgan fingerprint density at radius 1 is 1.19 bits per heavy atom. The highest BCUT2D eigenvalue weighted by atomic mass is 16.5. The molecule has 2 heterocycles. The lowest BCUT2D eigenvalue weighted by molar-refractivity contribution is 0.0930. The minimum absolute atomic E-state index is 0.177. The van der Waals surface area contributed by atoms with E-state index in [0.29, 0.717) is 28.6 Å². The SMILES string of the molecule is CCC(NC(=O)c1cc(-c2ccc(C)o2)[nH]n1)c1ccc(OC)c(OC)c1. The van der Waals surface area contributed by atoms with Crippen molar-refractivity contribution in [2.24, 2.45) is 0 Å². The van der Waals surface area contributed by atoms with Crippen LogP contribution in [0.15, 0.2) is 40.8 Å². The molecule has 0 aliphatic rings. The molecular formula is C20H23N3O4. The van der Waals surface area contributed by atoms with Crippen molar-refractivity contribution in [2.75, 3.05) is 14.2 Å². The van der Waals surface area contributed by atoms with Crippen LogP contribution in [0.1, 0.15) is 41.2 Å². The topological polar surface area (TPSA) is 89.4 Å². The Kier molecular flexibility index (Phi) is 5.49. The average Bonchev–Trinajstić information content (AvgIpc) is 3.34. The van der Waals surface area contributed by atoms with Crippen molar-refractivity contribution in [3.63, 3.8) is 0 Å². The minimum Gasteiger partial charge on any atom is -0.493 e. The van der Waals surface area contributed by atoms with Crippen LogP contribution in [0.2, 0.25) is 0 Å². The molecule has 27 heavy (non-hydrogen) atoms. The van der Waals surface area contributed by atoms with E-state index in [1.54, 1.807) is 20.3 Å². The first-order valence-electron chi connectivity index (χ1n) is 8.70. The number of nitrogens with one attached hydrogen (secondary N) is 2. The van der Waals surface area contributed by atoms with Crippen molar-refractivity contribution in [1.82, 2.24) is 15.5 Å². The number of aryl methyl sites for hydroxylation is 1. The number of rotatable bonds is 7. The second-order valence-corrected chi connectivity index (χ2v) is 6.13. The molecule has 7 heteroatoms. The molecule has 0 fully saturated rings. The zero-order valence-electron chi connectivity index (χ0n) is 15.8. The van der Waals surface area contributed by atoms with Crippen LogP contribution in [-0.2, 0) is 0 Å². The maximum atomic E-state index is 12.6. The third-order valence-corrected chi connectivity index (χ3v) is 4.34. The fraction of sp³-hybridized carbons (Fsp3) is 0.300. The quantitative estimate of drug-likeness (QED) is 0.660. The zero-order valence-corrected chi connectivity index (χ0v) is 15.8. The van der Waals surface area contributed by atoms with Crippen molar-refractivity contribution < 1.29 is 18.7 Å². The van der Waals surface area contributed by atoms with Gasteiger partial charge in [0.05, 0.1) is 20.3 Å². The van der Waals surface area contributed by atoms with Crippen LogP contribution < -0.4 is 14.8 Å². The van der Waals surface area contributed by atoms with Gasteiger partial charge < -0.3 is 19.2 Å². The summed E-state index contributed by atoms with van der Waals surface area (Å²) in [5, 5.41) is 9.95. The summed E-state index contributed by atoms with van der Waals surface area (Å²) >= 11 is 0. The van der Waals surface area contributed by atoms with E-state index in [9.17, 15) is 4.79 Å². The predicted octanol–water partition coefficient (Wildman–Crippen LogP) is 3.88. The predicted molar refractivity (Wildman–Crippen MR) is 101 cm³/mol. The number of carbonyl (C=O) groups excluding carboxylic acids is 1. The molecule has 0 radical (unpaired) electrons. The zero-order chi connectivity index (χ0) is 19.4. The molecular weight excluding hydrogens is 346 g/mol. The van der Waals surface area contributed by atoms with Gasteiger partial charge in [0.1, 0.15) is 11.5 Å². The summed E-state index contributed by atoms with van der Waals surface area (Å²) < 4.78 is 16.2. The number of hydrogen-bond donors (Lipinski definition) is 2. The smallest absolute Gasteiger partial charge is 0.272 e. The first-order valence-corrected chi connectivity index (χ1v) is 8.70. The normalized spacial score (nSPS) is 11.9. The molecule has 1 atom stereocenters. The molecule has 1 aromatic carbocycles. The maximum absolute atomic E-state index is 12.6. The summed E-state index contributed by atoms with van der Waals surface area (Å²) in [4.78, 5) is 12.6. The highest BCUT2D eigenvalue weighted by Gasteiger charge is 2.19. The van der Waals surface area contributed by atoms with E-state index >= 15 is 0 Å². The Bertz CT molecular complexity index is 929. The second-order valence-electron chi connectivity index (χ2n) is 6.13. The molecule has 0 aliphatic carbocycles. The van der Waals surface area contributed by atoms with Gasteiger partial charge >= 0.3 is 0 Å². The molecule has 2 aromatic heterocycles. The monoisotopic (exact) mass is 369 g/mol. The van der Waals surface area contributed by atoms with Crippen molar-refractivity contribution in [1.29, 1.82) is 0 Å². The summed E-state index contributed by atoms with van der Waals surface area (Å²) in [7, 11) is 3.18. The van der Waals surface area contributed by atoms with Crippen molar-refractivity contribution in [2.45, 2.75) is 26.3 Å². The largest absolute Gasteiger partial charge is 0.493 e. The van der Waals surface area contributed by atoms with Gasteiger partial charge in [-0.05, 0) is 43.2 Å². The van der Waals surface area contributed by atoms with E-state index in [0.717, 1.165) is 17.7 Å². The molecule has 0 spiro atoms. The average molecular weight is 369 g/mol. The van der Waals surface area contributed by atoms with Gasteiger partial charge in [0, 0.05) is 6.07 Å². The fourth-order valence-corrected chi connectivity index (χ4v) is 2.87. The lowest BCUT2D eigenvalue weighted by Crippen LogP contribution is -2.28. The van der Waals surface area contributed by atoms with E-state index in [-0.39, 0.29) is 11.9 Å². The van der Waals surface area contributed by atoms with E-state index < -0.39 is 0 Å². The molecule has 1 amide bonds. The van der Waals surface area contributed by atoms with Crippen molar-refractivity contribution in [3.05, 3.63) is 53.4 Å². The summed E-state index contributed by atoms with van der Waals surface area (Å²) in [5.41, 5.74) is 1.89. The van der Waals surface area contributed by atoms with E-state index in [2.05, 4.69) is 15.5 Å². The van der Waals surface area contributed by atoms with Crippen LogP contribution in [0.5, 0.6) is 11.5 Å². The number of H-pyrrole nitrogens is 1. The molecule has 3 aromatic rings. The fourth-order valence-electron chi connectivity index (χ4n) is 2.87. The molecule has 0 saturated carbocycles. The number of ether oxygens (including phenoxy) is 2. The molecule has 0 bridgehead atoms. The van der Waals surface area contributed by atoms with Gasteiger partial charge in [-0.25, -0.2) is 0 Å². The molecule has 0 saturated heterocycles. The van der Waals surface area contributed by atoms with E-state index in [1.165, 1.54) is 0 Å². The lowest BCUT2D eigenvalue weighted by atomic mass is 10.0. The summed E-state index contributed by atoms with van der Waals surface area (Å²) in [6, 6.07) is 10.8. The van der Waals surface area contributed by atoms with Gasteiger partial charge in [0.25, 0.3) is 5.91 Å². The number of carbonyl (C=O) groups is 1. The van der Waals surface area contributed by atoms with Gasteiger partial charge in [-0.15, -0.1) is 0 Å². The van der Waals surface area contributed by atoms with Crippen LogP contribution in [0, 0.1) is 6.92 Å².